The van der Waals surface area contributed by atoms with E-state index in [1.807, 2.05) is 41.8 Å². The highest BCUT2D eigenvalue weighted by atomic mass is 15.2. The normalized spacial score (nSPS) is 12.2. The van der Waals surface area contributed by atoms with Crippen LogP contribution in [0, 0.1) is 0 Å². The van der Waals surface area contributed by atoms with Crippen LogP contribution in [0.1, 0.15) is 53.2 Å². The summed E-state index contributed by atoms with van der Waals surface area (Å²) in [5.74, 6) is 1.16. The van der Waals surface area contributed by atoms with Gasteiger partial charge >= 0.3 is 0 Å². The predicted molar refractivity (Wildman–Crippen MR) is 92.7 cm³/mol. The van der Waals surface area contributed by atoms with Crippen LogP contribution in [0.15, 0.2) is 18.2 Å². The molecular formula is C17H35N3. The van der Waals surface area contributed by atoms with Crippen LogP contribution in [-0.2, 0) is 6.42 Å². The first-order valence-corrected chi connectivity index (χ1v) is 8.11. The molecule has 0 spiro atoms. The molecule has 1 saturated heterocycles. The lowest BCUT2D eigenvalue weighted by Gasteiger charge is -2.16. The molecule has 20 heavy (non-hydrogen) atoms. The zero-order valence-corrected chi connectivity index (χ0v) is 14.7. The molecule has 0 atom stereocenters. The number of nitrogens with one attached hydrogen (secondary N) is 1. The molecule has 2 heterocycles. The Balaban J connectivity index is 0. The highest BCUT2D eigenvalue weighted by Gasteiger charge is 2.12. The molecule has 3 nitrogen and oxygen atoms in total. The van der Waals surface area contributed by atoms with Crippen molar-refractivity contribution in [2.75, 3.05) is 32.1 Å². The number of nitrogens with zero attached hydrogens (tertiary/aromatic N) is 2. The van der Waals surface area contributed by atoms with Crippen molar-refractivity contribution >= 4 is 5.82 Å². The summed E-state index contributed by atoms with van der Waals surface area (Å²) < 4.78 is 0. The Morgan fingerprint density at radius 1 is 1.05 bits per heavy atom. The Morgan fingerprint density at radius 3 is 2.00 bits per heavy atom. The predicted octanol–water partition coefficient (Wildman–Crippen LogP) is 4.13. The average Bonchev–Trinajstić information content (AvgIpc) is 3.07. The third kappa shape index (κ3) is 8.92. The van der Waals surface area contributed by atoms with E-state index in [0.29, 0.717) is 0 Å². The molecule has 1 N–H and O–H groups in total. The van der Waals surface area contributed by atoms with E-state index in [0.717, 1.165) is 12.2 Å². The summed E-state index contributed by atoms with van der Waals surface area (Å²) in [6.45, 7) is 12.5. The summed E-state index contributed by atoms with van der Waals surface area (Å²) in [5, 5.41) is 2.75. The number of rotatable bonds is 2. The van der Waals surface area contributed by atoms with E-state index in [1.54, 1.807) is 0 Å². The molecule has 1 aliphatic rings. The van der Waals surface area contributed by atoms with Gasteiger partial charge in [0, 0.05) is 18.8 Å². The van der Waals surface area contributed by atoms with Gasteiger partial charge in [-0.2, -0.15) is 0 Å². The highest BCUT2D eigenvalue weighted by Crippen LogP contribution is 2.17. The van der Waals surface area contributed by atoms with E-state index >= 15 is 0 Å². The van der Waals surface area contributed by atoms with Crippen molar-refractivity contribution in [2.24, 2.45) is 0 Å². The quantitative estimate of drug-likeness (QED) is 0.883. The zero-order valence-electron chi connectivity index (χ0n) is 14.7. The van der Waals surface area contributed by atoms with Crippen LogP contribution in [-0.4, -0.2) is 32.2 Å². The Bertz CT molecular complexity index is 294. The monoisotopic (exact) mass is 281 g/mol. The number of pyridine rings is 1. The molecule has 1 aromatic rings. The molecule has 1 aromatic heterocycles. The summed E-state index contributed by atoms with van der Waals surface area (Å²) in [6, 6.07) is 6.32. The van der Waals surface area contributed by atoms with E-state index in [2.05, 4.69) is 40.3 Å². The second-order valence-corrected chi connectivity index (χ2v) is 4.03. The zero-order chi connectivity index (χ0) is 15.8. The Kier molecular flexibility index (Phi) is 16.9. The van der Waals surface area contributed by atoms with E-state index < -0.39 is 0 Å². The van der Waals surface area contributed by atoms with Crippen LogP contribution in [0.4, 0.5) is 5.82 Å². The van der Waals surface area contributed by atoms with Gasteiger partial charge in [0.05, 0.1) is 0 Å². The van der Waals surface area contributed by atoms with Gasteiger partial charge in [-0.15, -0.1) is 0 Å². The maximum atomic E-state index is 4.60. The fraction of sp³-hybridized carbons (Fsp3) is 0.706. The summed E-state index contributed by atoms with van der Waals surface area (Å²) >= 11 is 0. The Labute approximate surface area is 126 Å². The molecule has 2 rings (SSSR count). The van der Waals surface area contributed by atoms with Crippen molar-refractivity contribution < 1.29 is 0 Å². The Hall–Kier alpha value is -1.09. The first-order valence-electron chi connectivity index (χ1n) is 8.11. The lowest BCUT2D eigenvalue weighted by atomic mass is 10.3. The molecule has 0 amide bonds. The average molecular weight is 281 g/mol. The lowest BCUT2D eigenvalue weighted by Crippen LogP contribution is -2.19. The largest absolute Gasteiger partial charge is 0.357 e. The smallest absolute Gasteiger partial charge is 0.128 e. The number of hydrogen-bond donors (Lipinski definition) is 1. The van der Waals surface area contributed by atoms with Crippen molar-refractivity contribution in [2.45, 2.75) is 53.9 Å². The number of hydrogen-bond acceptors (Lipinski definition) is 3. The molecule has 0 unspecified atom stereocenters. The van der Waals surface area contributed by atoms with E-state index in [-0.39, 0.29) is 0 Å². The van der Waals surface area contributed by atoms with Gasteiger partial charge < -0.3 is 10.2 Å². The first-order chi connectivity index (χ1) is 9.81. The van der Waals surface area contributed by atoms with Crippen molar-refractivity contribution in [3.05, 3.63) is 23.9 Å². The van der Waals surface area contributed by atoms with Crippen LogP contribution in [0.2, 0.25) is 0 Å². The summed E-state index contributed by atoms with van der Waals surface area (Å²) in [6.07, 6.45) is 3.66. The van der Waals surface area contributed by atoms with Gasteiger partial charge in [0.2, 0.25) is 0 Å². The topological polar surface area (TPSA) is 28.2 Å². The maximum absolute atomic E-state index is 4.60. The van der Waals surface area contributed by atoms with Crippen molar-refractivity contribution in [1.29, 1.82) is 0 Å². The molecule has 3 heteroatoms. The second-order valence-electron chi connectivity index (χ2n) is 4.03. The molecule has 0 saturated carbocycles. The van der Waals surface area contributed by atoms with Gasteiger partial charge in [0.25, 0.3) is 0 Å². The second kappa shape index (κ2) is 16.0. The fourth-order valence-corrected chi connectivity index (χ4v) is 1.79. The molecule has 0 aliphatic carbocycles. The third-order valence-electron chi connectivity index (χ3n) is 2.58. The standard InChI is InChI=1S/C11H16N2.C2H7N.2C2H6/c1-2-10-6-5-7-11(12-10)13-8-3-4-9-13;1-3-2;2*1-2/h5-7H,2-4,8-9H2,1H3;3H,1-2H3;2*1-2H3. The number of aromatic nitrogens is 1. The van der Waals surface area contributed by atoms with E-state index in [1.165, 1.54) is 31.6 Å². The van der Waals surface area contributed by atoms with Crippen LogP contribution >= 0.6 is 0 Å². The number of anilines is 1. The van der Waals surface area contributed by atoms with Gasteiger partial charge in [-0.1, -0.05) is 40.7 Å². The van der Waals surface area contributed by atoms with Gasteiger partial charge in [0.1, 0.15) is 5.82 Å². The van der Waals surface area contributed by atoms with E-state index in [4.69, 9.17) is 0 Å². The summed E-state index contributed by atoms with van der Waals surface area (Å²) in [4.78, 5) is 6.97. The molecule has 0 bridgehead atoms. The summed E-state index contributed by atoms with van der Waals surface area (Å²) in [7, 11) is 3.75. The minimum atomic E-state index is 1.03. The van der Waals surface area contributed by atoms with Gasteiger partial charge in [-0.25, -0.2) is 4.98 Å². The Morgan fingerprint density at radius 2 is 1.55 bits per heavy atom. The molecule has 118 valence electrons. The van der Waals surface area contributed by atoms with Crippen LogP contribution in [0.25, 0.3) is 0 Å². The molecule has 0 aromatic carbocycles. The maximum Gasteiger partial charge on any atom is 0.128 e. The van der Waals surface area contributed by atoms with Crippen molar-refractivity contribution in [3.8, 4) is 0 Å². The molecular weight excluding hydrogens is 246 g/mol. The summed E-state index contributed by atoms with van der Waals surface area (Å²) in [5.41, 5.74) is 1.20. The molecule has 1 aliphatic heterocycles. The SMILES string of the molecule is CC.CC.CCc1cccc(N2CCCC2)n1.CNC. The minimum absolute atomic E-state index is 1.03. The molecule has 0 radical (unpaired) electrons. The van der Waals surface area contributed by atoms with Crippen LogP contribution in [0.3, 0.4) is 0 Å². The van der Waals surface area contributed by atoms with Crippen LogP contribution in [0.5, 0.6) is 0 Å². The van der Waals surface area contributed by atoms with Crippen LogP contribution < -0.4 is 10.2 Å². The number of aryl methyl sites for hydroxylation is 1. The van der Waals surface area contributed by atoms with Gasteiger partial charge in [-0.3, -0.25) is 0 Å². The van der Waals surface area contributed by atoms with Gasteiger partial charge in [-0.05, 0) is 45.5 Å². The lowest BCUT2D eigenvalue weighted by molar-refractivity contribution is 0.914. The van der Waals surface area contributed by atoms with Crippen molar-refractivity contribution in [1.82, 2.24) is 10.3 Å². The fourth-order valence-electron chi connectivity index (χ4n) is 1.79. The molecule has 1 fully saturated rings. The van der Waals surface area contributed by atoms with E-state index in [9.17, 15) is 0 Å². The van der Waals surface area contributed by atoms with Crippen molar-refractivity contribution in [3.63, 3.8) is 0 Å². The third-order valence-corrected chi connectivity index (χ3v) is 2.58. The minimum Gasteiger partial charge on any atom is -0.357 e. The highest BCUT2D eigenvalue weighted by molar-refractivity contribution is 5.40. The first kappa shape index (κ1) is 21.2. The van der Waals surface area contributed by atoms with Gasteiger partial charge in [0.15, 0.2) is 0 Å².